The molecule has 0 fully saturated rings. The van der Waals surface area contributed by atoms with Crippen LogP contribution in [0.5, 0.6) is 0 Å². The first-order valence-corrected chi connectivity index (χ1v) is 10.3. The summed E-state index contributed by atoms with van der Waals surface area (Å²) in [6.07, 6.45) is 0.734. The van der Waals surface area contributed by atoms with E-state index in [0.29, 0.717) is 10.4 Å². The van der Waals surface area contributed by atoms with Gasteiger partial charge in [0.1, 0.15) is 0 Å². The summed E-state index contributed by atoms with van der Waals surface area (Å²) in [4.78, 5) is 29.0. The molecule has 2 atom stereocenters. The molecule has 0 aliphatic heterocycles. The first kappa shape index (κ1) is 20.6. The molecule has 3 radical (unpaired) electrons. The standard InChI is InChI=1S/C19H17ClFN4O2.Sn/c20-15-6-5-13(8-16(15)21)24-18(26)19(27)25-17-12(9-23-10-22)7-11-3-1-2-4-14(11)17;/h1-6,8,12,17H,7,9H2,(H2,22,23)(H,24,26)(H,25,27);/t12-,17-;/m1./s1. The van der Waals surface area contributed by atoms with E-state index in [2.05, 4.69) is 15.6 Å². The van der Waals surface area contributed by atoms with Gasteiger partial charge in [-0.05, 0) is 0 Å². The van der Waals surface area contributed by atoms with Crippen LogP contribution in [0.1, 0.15) is 17.2 Å². The number of amides is 2. The van der Waals surface area contributed by atoms with Crippen LogP contribution in [0.15, 0.2) is 47.5 Å². The third-order valence-electron chi connectivity index (χ3n) is 4.51. The van der Waals surface area contributed by atoms with Gasteiger partial charge >= 0.3 is 159 Å². The Morgan fingerprint density at radius 2 is 2.00 bits per heavy atom. The number of aliphatic imine (C=N–C) groups is 1. The van der Waals surface area contributed by atoms with Gasteiger partial charge in [-0.2, -0.15) is 0 Å². The number of nitrogens with one attached hydrogen (secondary N) is 2. The Bertz CT molecular complexity index is 949. The molecule has 4 N–H and O–H groups in total. The van der Waals surface area contributed by atoms with E-state index in [4.69, 9.17) is 17.3 Å². The Hall–Kier alpha value is -2.13. The Morgan fingerprint density at radius 3 is 2.71 bits per heavy atom. The van der Waals surface area contributed by atoms with Crippen LogP contribution in [0.25, 0.3) is 0 Å². The number of anilines is 1. The van der Waals surface area contributed by atoms with Crippen molar-refractivity contribution in [2.75, 3.05) is 11.9 Å². The summed E-state index contributed by atoms with van der Waals surface area (Å²) in [5.74, 6) is -2.36. The van der Waals surface area contributed by atoms with E-state index in [1.807, 2.05) is 24.3 Å². The molecule has 0 heterocycles. The van der Waals surface area contributed by atoms with Gasteiger partial charge in [-0.1, -0.05) is 11.6 Å². The van der Waals surface area contributed by atoms with Crippen molar-refractivity contribution in [2.45, 2.75) is 12.5 Å². The number of hydrogen-bond acceptors (Lipinski definition) is 3. The van der Waals surface area contributed by atoms with Crippen molar-refractivity contribution in [1.82, 2.24) is 5.32 Å². The number of halogens is 2. The van der Waals surface area contributed by atoms with Crippen molar-refractivity contribution < 1.29 is 14.0 Å². The van der Waals surface area contributed by atoms with Crippen molar-refractivity contribution in [3.05, 3.63) is 64.4 Å². The summed E-state index contributed by atoms with van der Waals surface area (Å²) in [6.45, 7) is 0.459. The molecular formula is C19H17ClFN4O2Sn. The Balaban J connectivity index is 1.73. The zero-order chi connectivity index (χ0) is 20.3. The topological polar surface area (TPSA) is 96.6 Å². The van der Waals surface area contributed by atoms with Crippen molar-refractivity contribution in [1.29, 1.82) is 0 Å². The molecule has 0 unspecified atom stereocenters. The number of fused-ring (bicyclic) bond motifs is 1. The van der Waals surface area contributed by atoms with Crippen LogP contribution in [0, 0.1) is 11.7 Å². The summed E-state index contributed by atoms with van der Waals surface area (Å²) in [6, 6.07) is 11.2. The first-order valence-electron chi connectivity index (χ1n) is 8.51. The molecule has 9 heteroatoms. The first-order chi connectivity index (χ1) is 13.3. The second kappa shape index (κ2) is 8.91. The van der Waals surface area contributed by atoms with Crippen molar-refractivity contribution in [3.8, 4) is 0 Å². The molecule has 0 bridgehead atoms. The predicted octanol–water partition coefficient (Wildman–Crippen LogP) is 1.93. The van der Waals surface area contributed by atoms with E-state index in [-0.39, 0.29) is 22.7 Å². The number of amidine groups is 1. The van der Waals surface area contributed by atoms with Crippen LogP contribution in [-0.4, -0.2) is 44.7 Å². The van der Waals surface area contributed by atoms with E-state index in [1.54, 1.807) is 0 Å². The normalized spacial score (nSPS) is 18.5. The third-order valence-corrected chi connectivity index (χ3v) is 5.27. The van der Waals surface area contributed by atoms with E-state index in [9.17, 15) is 14.0 Å². The second-order valence-electron chi connectivity index (χ2n) is 6.42. The van der Waals surface area contributed by atoms with Crippen LogP contribution in [0.3, 0.4) is 0 Å². The van der Waals surface area contributed by atoms with Crippen LogP contribution >= 0.6 is 11.6 Å². The molecule has 0 aromatic heterocycles. The van der Waals surface area contributed by atoms with E-state index in [0.717, 1.165) is 46.1 Å². The van der Waals surface area contributed by atoms with Gasteiger partial charge in [-0.15, -0.1) is 0 Å². The number of benzene rings is 2. The number of hydrogen-bond donors (Lipinski definition) is 3. The van der Waals surface area contributed by atoms with E-state index < -0.39 is 17.6 Å². The number of nitrogens with two attached hydrogens (primary N) is 1. The van der Waals surface area contributed by atoms with E-state index >= 15 is 0 Å². The van der Waals surface area contributed by atoms with Gasteiger partial charge in [-0.25, -0.2) is 4.39 Å². The monoisotopic (exact) mass is 507 g/mol. The van der Waals surface area contributed by atoms with Crippen molar-refractivity contribution in [3.63, 3.8) is 0 Å². The fourth-order valence-corrected chi connectivity index (χ4v) is 3.61. The van der Waals surface area contributed by atoms with Gasteiger partial charge in [0.15, 0.2) is 0 Å². The molecule has 3 rings (SSSR count). The fraction of sp³-hybridized carbons (Fsp3) is 0.211. The summed E-state index contributed by atoms with van der Waals surface area (Å²) in [7, 11) is 0. The molecule has 143 valence electrons. The summed E-state index contributed by atoms with van der Waals surface area (Å²) in [5.41, 5.74) is 7.90. The maximum atomic E-state index is 13.5. The molecule has 6 nitrogen and oxygen atoms in total. The molecule has 28 heavy (non-hydrogen) atoms. The van der Waals surface area contributed by atoms with Gasteiger partial charge in [-0.3, -0.25) is 0 Å². The predicted molar refractivity (Wildman–Crippen MR) is 107 cm³/mol. The molecule has 0 saturated heterocycles. The Morgan fingerprint density at radius 1 is 1.25 bits per heavy atom. The van der Waals surface area contributed by atoms with Crippen molar-refractivity contribution in [2.24, 2.45) is 16.6 Å². The molecule has 2 amide bonds. The van der Waals surface area contributed by atoms with Gasteiger partial charge in [0, 0.05) is 0 Å². The van der Waals surface area contributed by atoms with Crippen LogP contribution in [0.2, 0.25) is 5.02 Å². The SMILES string of the molecule is N[C]([Sn])=NC[C@H]1Cc2ccccc2[C@@H]1NC(=O)C(=O)Nc1ccc(Cl)c(F)c1. The van der Waals surface area contributed by atoms with Crippen molar-refractivity contribution >= 4 is 55.5 Å². The second-order valence-corrected chi connectivity index (χ2v) is 8.29. The quantitative estimate of drug-likeness (QED) is 0.256. The van der Waals surface area contributed by atoms with Crippen LogP contribution in [-0.2, 0) is 16.0 Å². The third kappa shape index (κ3) is 4.82. The molecule has 1 aliphatic carbocycles. The molecule has 2 aromatic rings. The minimum absolute atomic E-state index is 0.00109. The zero-order valence-electron chi connectivity index (χ0n) is 14.7. The van der Waals surface area contributed by atoms with Crippen LogP contribution in [0.4, 0.5) is 10.1 Å². The van der Waals surface area contributed by atoms with Gasteiger partial charge < -0.3 is 0 Å². The zero-order valence-corrected chi connectivity index (χ0v) is 18.3. The van der Waals surface area contributed by atoms with Gasteiger partial charge in [0.05, 0.1) is 5.02 Å². The number of carbonyl (C=O) groups excluding carboxylic acids is 2. The Labute approximate surface area is 179 Å². The summed E-state index contributed by atoms with van der Waals surface area (Å²) < 4.78 is 14.1. The minimum atomic E-state index is -0.881. The van der Waals surface area contributed by atoms with Crippen LogP contribution < -0.4 is 16.4 Å². The number of rotatable bonds is 4. The molecule has 1 aliphatic rings. The van der Waals surface area contributed by atoms with Gasteiger partial charge in [0.25, 0.3) is 0 Å². The van der Waals surface area contributed by atoms with E-state index in [1.165, 1.54) is 12.1 Å². The summed E-state index contributed by atoms with van der Waals surface area (Å²) in [5, 5.41) is 5.10. The Kier molecular flexibility index (Phi) is 6.56. The average molecular weight is 507 g/mol. The molecule has 2 aromatic carbocycles. The average Bonchev–Trinajstić information content (AvgIpc) is 3.00. The molecular weight excluding hydrogens is 489 g/mol. The molecule has 0 saturated carbocycles. The number of nitrogens with zero attached hydrogens (tertiary/aromatic N) is 1. The van der Waals surface area contributed by atoms with Gasteiger partial charge in [0.2, 0.25) is 0 Å². The fourth-order valence-electron chi connectivity index (χ4n) is 3.23. The molecule has 0 spiro atoms. The summed E-state index contributed by atoms with van der Waals surface area (Å²) >= 11 is 6.66. The maximum absolute atomic E-state index is 13.5. The number of carbonyl (C=O) groups is 2.